The van der Waals surface area contributed by atoms with Crippen molar-refractivity contribution in [1.82, 2.24) is 10.3 Å². The molecule has 0 radical (unpaired) electrons. The van der Waals surface area contributed by atoms with E-state index in [-0.39, 0.29) is 5.75 Å². The molecular weight excluding hydrogens is 364 g/mol. The zero-order valence-electron chi connectivity index (χ0n) is 15.9. The summed E-state index contributed by atoms with van der Waals surface area (Å²) in [6.45, 7) is 4.39. The zero-order chi connectivity index (χ0) is 19.6. The van der Waals surface area contributed by atoms with Gasteiger partial charge in [-0.25, -0.2) is 0 Å². The van der Waals surface area contributed by atoms with E-state index in [4.69, 9.17) is 4.74 Å². The molecule has 2 aromatic rings. The normalized spacial score (nSPS) is 13.5. The predicted octanol–water partition coefficient (Wildman–Crippen LogP) is 2.45. The number of hydrogen-bond donors (Lipinski definition) is 3. The molecule has 0 saturated heterocycles. The van der Waals surface area contributed by atoms with Gasteiger partial charge in [0.1, 0.15) is 6.26 Å². The third-order valence-corrected chi connectivity index (χ3v) is 5.10. The Labute approximate surface area is 163 Å². The summed E-state index contributed by atoms with van der Waals surface area (Å²) in [5, 5.41) is 23.1. The second-order valence-electron chi connectivity index (χ2n) is 6.47. The number of aliphatic hydroxyl groups excluding tert-OH is 1. The van der Waals surface area contributed by atoms with Gasteiger partial charge >= 0.3 is 0 Å². The zero-order valence-corrected chi connectivity index (χ0v) is 16.7. The van der Waals surface area contributed by atoms with Gasteiger partial charge in [0.05, 0.1) is 12.7 Å². The smallest absolute Gasteiger partial charge is 0.194 e. The average Bonchev–Trinajstić information content (AvgIpc) is 2.65. The molecule has 0 aliphatic carbocycles. The Bertz CT molecular complexity index is 695. The van der Waals surface area contributed by atoms with E-state index in [0.717, 1.165) is 30.6 Å². The number of benzene rings is 1. The van der Waals surface area contributed by atoms with Crippen LogP contribution in [0.1, 0.15) is 35.8 Å². The van der Waals surface area contributed by atoms with E-state index in [1.165, 1.54) is 12.3 Å². The maximum absolute atomic E-state index is 11.6. The number of nitrogens with one attached hydrogen (secondary N) is 1. The minimum absolute atomic E-state index is 0.0128. The van der Waals surface area contributed by atoms with E-state index in [0.29, 0.717) is 30.2 Å². The Balaban J connectivity index is 1.58. The highest BCUT2D eigenvalue weighted by atomic mass is 32.2. The lowest BCUT2D eigenvalue weighted by molar-refractivity contribution is 0.116. The topological polar surface area (TPSA) is 97.7 Å². The maximum Gasteiger partial charge on any atom is 0.194 e. The van der Waals surface area contributed by atoms with E-state index >= 15 is 0 Å². The quantitative estimate of drug-likeness (QED) is 0.401. The monoisotopic (exact) mass is 392 g/mol. The maximum atomic E-state index is 11.6. The second-order valence-corrected chi connectivity index (χ2v) is 7.82. The van der Waals surface area contributed by atoms with Gasteiger partial charge in [0.2, 0.25) is 0 Å². The summed E-state index contributed by atoms with van der Waals surface area (Å²) in [5.74, 6) is -0.0128. The number of unbranched alkanes of at least 4 members (excludes halogenated alkanes) is 1. The van der Waals surface area contributed by atoms with Crippen LogP contribution in [0.15, 0.2) is 41.4 Å². The molecule has 148 valence electrons. The number of aryl methyl sites for hydroxylation is 1. The number of pyridine rings is 1. The van der Waals surface area contributed by atoms with Crippen LogP contribution in [-0.2, 0) is 22.5 Å². The minimum Gasteiger partial charge on any atom is -0.612 e. The predicted molar refractivity (Wildman–Crippen MR) is 106 cm³/mol. The van der Waals surface area contributed by atoms with Crippen LogP contribution in [0, 0.1) is 6.92 Å². The highest BCUT2D eigenvalue weighted by molar-refractivity contribution is 7.90. The standard InChI is InChI=1S/C20H28N2O4S/c1-15-5-6-16(12-22-15)14-26-10-4-3-9-21-13-19(24)17-7-8-18(23)20(11-17)27(2)25/h5-8,11-12,19,21,23-24H,3-4,9-10,13-14H2,1-2H3. The van der Waals surface area contributed by atoms with Crippen LogP contribution in [0.3, 0.4) is 0 Å². The van der Waals surface area contributed by atoms with Crippen molar-refractivity contribution in [2.75, 3.05) is 26.0 Å². The summed E-state index contributed by atoms with van der Waals surface area (Å²) in [4.78, 5) is 4.58. The number of rotatable bonds is 11. The Morgan fingerprint density at radius 2 is 2.07 bits per heavy atom. The number of phenols is 1. The molecule has 0 aliphatic heterocycles. The summed E-state index contributed by atoms with van der Waals surface area (Å²) >= 11 is -1.29. The molecule has 2 rings (SSSR count). The molecule has 27 heavy (non-hydrogen) atoms. The van der Waals surface area contributed by atoms with Crippen molar-refractivity contribution in [2.24, 2.45) is 0 Å². The lowest BCUT2D eigenvalue weighted by atomic mass is 10.1. The Kier molecular flexibility index (Phi) is 9.03. The first-order chi connectivity index (χ1) is 13.0. The van der Waals surface area contributed by atoms with Crippen LogP contribution in [0.4, 0.5) is 0 Å². The van der Waals surface area contributed by atoms with Crippen LogP contribution in [0.25, 0.3) is 0 Å². The summed E-state index contributed by atoms with van der Waals surface area (Å²) < 4.78 is 17.2. The van der Waals surface area contributed by atoms with Crippen molar-refractivity contribution in [3.63, 3.8) is 0 Å². The van der Waals surface area contributed by atoms with Gasteiger partial charge in [0, 0.05) is 31.1 Å². The van der Waals surface area contributed by atoms with E-state index < -0.39 is 17.3 Å². The fourth-order valence-corrected chi connectivity index (χ4v) is 3.22. The molecule has 0 amide bonds. The largest absolute Gasteiger partial charge is 0.612 e. The molecule has 0 fully saturated rings. The fraction of sp³-hybridized carbons (Fsp3) is 0.450. The Morgan fingerprint density at radius 3 is 2.78 bits per heavy atom. The molecule has 3 N–H and O–H groups in total. The van der Waals surface area contributed by atoms with E-state index in [1.54, 1.807) is 12.1 Å². The molecule has 1 aromatic heterocycles. The van der Waals surface area contributed by atoms with Crippen molar-refractivity contribution in [3.05, 3.63) is 53.3 Å². The minimum atomic E-state index is -1.29. The summed E-state index contributed by atoms with van der Waals surface area (Å²) in [5.41, 5.74) is 2.71. The van der Waals surface area contributed by atoms with Gasteiger partial charge in [0.25, 0.3) is 0 Å². The third kappa shape index (κ3) is 7.48. The van der Waals surface area contributed by atoms with Crippen molar-refractivity contribution >= 4 is 11.2 Å². The lowest BCUT2D eigenvalue weighted by Gasteiger charge is -2.14. The highest BCUT2D eigenvalue weighted by Crippen LogP contribution is 2.26. The molecule has 0 spiro atoms. The van der Waals surface area contributed by atoms with Gasteiger partial charge in [-0.3, -0.25) is 4.98 Å². The molecule has 0 saturated carbocycles. The SMILES string of the molecule is Cc1ccc(COCCCCNCC(O)c2ccc(O)c([S+](C)[O-])c2)cn1. The van der Waals surface area contributed by atoms with Crippen molar-refractivity contribution in [3.8, 4) is 5.75 Å². The van der Waals surface area contributed by atoms with Crippen LogP contribution >= 0.6 is 0 Å². The van der Waals surface area contributed by atoms with Gasteiger partial charge in [-0.15, -0.1) is 0 Å². The molecule has 1 aromatic carbocycles. The van der Waals surface area contributed by atoms with Gasteiger partial charge < -0.3 is 24.8 Å². The number of phenolic OH excluding ortho intramolecular Hbond substituents is 1. The lowest BCUT2D eigenvalue weighted by Crippen LogP contribution is -2.23. The van der Waals surface area contributed by atoms with E-state index in [9.17, 15) is 14.8 Å². The van der Waals surface area contributed by atoms with Crippen molar-refractivity contribution in [2.45, 2.75) is 37.4 Å². The molecule has 7 heteroatoms. The first kappa shape index (κ1) is 21.7. The van der Waals surface area contributed by atoms with Crippen LogP contribution in [0.2, 0.25) is 0 Å². The average molecular weight is 393 g/mol. The molecule has 2 unspecified atom stereocenters. The van der Waals surface area contributed by atoms with Crippen molar-refractivity contribution in [1.29, 1.82) is 0 Å². The fourth-order valence-electron chi connectivity index (χ4n) is 2.55. The first-order valence-corrected chi connectivity index (χ1v) is 10.6. The number of nitrogens with zero attached hydrogens (tertiary/aromatic N) is 1. The van der Waals surface area contributed by atoms with Crippen molar-refractivity contribution < 1.29 is 19.5 Å². The first-order valence-electron chi connectivity index (χ1n) is 9.01. The van der Waals surface area contributed by atoms with Gasteiger partial charge in [-0.2, -0.15) is 0 Å². The number of ether oxygens (including phenoxy) is 1. The molecule has 2 atom stereocenters. The molecule has 0 bridgehead atoms. The van der Waals surface area contributed by atoms with E-state index in [1.807, 2.05) is 25.3 Å². The van der Waals surface area contributed by atoms with Gasteiger partial charge in [-0.1, -0.05) is 12.1 Å². The summed E-state index contributed by atoms with van der Waals surface area (Å²) in [7, 11) is 0. The number of hydrogen-bond acceptors (Lipinski definition) is 6. The summed E-state index contributed by atoms with van der Waals surface area (Å²) in [6, 6.07) is 8.70. The van der Waals surface area contributed by atoms with Crippen LogP contribution in [0.5, 0.6) is 5.75 Å². The molecule has 6 nitrogen and oxygen atoms in total. The molecular formula is C20H28N2O4S. The van der Waals surface area contributed by atoms with Gasteiger partial charge in [0.15, 0.2) is 10.6 Å². The number of aromatic nitrogens is 1. The number of aliphatic hydroxyl groups is 1. The highest BCUT2D eigenvalue weighted by Gasteiger charge is 2.15. The summed E-state index contributed by atoms with van der Waals surface area (Å²) in [6.07, 6.45) is 4.50. The second kappa shape index (κ2) is 11.3. The van der Waals surface area contributed by atoms with Gasteiger partial charge in [-0.05, 0) is 60.7 Å². The Hall–Kier alpha value is -1.64. The molecule has 0 aliphatic rings. The molecule has 1 heterocycles. The van der Waals surface area contributed by atoms with Crippen LogP contribution < -0.4 is 5.32 Å². The van der Waals surface area contributed by atoms with Crippen LogP contribution in [-0.4, -0.2) is 45.7 Å². The van der Waals surface area contributed by atoms with E-state index in [2.05, 4.69) is 10.3 Å². The number of aromatic hydroxyl groups is 1. The third-order valence-electron chi connectivity index (χ3n) is 4.15. The Morgan fingerprint density at radius 1 is 1.26 bits per heavy atom.